The summed E-state index contributed by atoms with van der Waals surface area (Å²) in [6, 6.07) is 3.68. The maximum atomic E-state index is 11.4. The normalized spacial score (nSPS) is 11.0. The van der Waals surface area contributed by atoms with Crippen molar-refractivity contribution >= 4 is 46.9 Å². The molecule has 8 heteroatoms. The second-order valence-electron chi connectivity index (χ2n) is 3.51. The lowest BCUT2D eigenvalue weighted by molar-refractivity contribution is -0.139. The summed E-state index contributed by atoms with van der Waals surface area (Å²) in [5.74, 6) is -1.75. The fourth-order valence-corrected chi connectivity index (χ4v) is 2.35. The number of thiophene rings is 2. The van der Waals surface area contributed by atoms with Gasteiger partial charge in [0.05, 0.1) is 12.4 Å². The summed E-state index contributed by atoms with van der Waals surface area (Å²) in [7, 11) is 0. The lowest BCUT2D eigenvalue weighted by atomic mass is 10.4. The van der Waals surface area contributed by atoms with Crippen molar-refractivity contribution in [3.63, 3.8) is 0 Å². The van der Waals surface area contributed by atoms with Crippen LogP contribution >= 0.6 is 22.7 Å². The summed E-state index contributed by atoms with van der Waals surface area (Å²) in [6.45, 7) is 0. The summed E-state index contributed by atoms with van der Waals surface area (Å²) in [5.41, 5.74) is 5.94. The molecular formula is C12H10N4O2S2. The molecule has 0 aromatic carbocycles. The van der Waals surface area contributed by atoms with E-state index in [0.29, 0.717) is 0 Å². The SMILES string of the molecule is O=C(N/N=C/c1ccsc1)C(=O)N/N=C/c1ccsc1. The zero-order valence-electron chi connectivity index (χ0n) is 10.1. The number of carbonyl (C=O) groups excluding carboxylic acids is 2. The predicted octanol–water partition coefficient (Wildman–Crippen LogP) is 1.41. The van der Waals surface area contributed by atoms with E-state index in [-0.39, 0.29) is 0 Å². The zero-order valence-corrected chi connectivity index (χ0v) is 11.8. The van der Waals surface area contributed by atoms with Crippen molar-refractivity contribution in [3.8, 4) is 0 Å². The number of nitrogens with one attached hydrogen (secondary N) is 2. The number of hydrazone groups is 2. The molecule has 0 saturated carbocycles. The van der Waals surface area contributed by atoms with Gasteiger partial charge in [-0.2, -0.15) is 32.9 Å². The van der Waals surface area contributed by atoms with E-state index < -0.39 is 11.8 Å². The van der Waals surface area contributed by atoms with Gasteiger partial charge in [0.25, 0.3) is 0 Å². The lowest BCUT2D eigenvalue weighted by Gasteiger charge is -1.97. The maximum Gasteiger partial charge on any atom is 0.331 e. The first-order valence-electron chi connectivity index (χ1n) is 5.46. The average Bonchev–Trinajstić information content (AvgIpc) is 3.11. The first-order chi connectivity index (χ1) is 9.75. The van der Waals surface area contributed by atoms with Crippen LogP contribution in [0.1, 0.15) is 11.1 Å². The van der Waals surface area contributed by atoms with Crippen LogP contribution in [-0.4, -0.2) is 24.2 Å². The molecule has 0 aliphatic carbocycles. The van der Waals surface area contributed by atoms with Crippen LogP contribution in [0.4, 0.5) is 0 Å². The lowest BCUT2D eigenvalue weighted by Crippen LogP contribution is -2.35. The topological polar surface area (TPSA) is 82.9 Å². The van der Waals surface area contributed by atoms with E-state index in [1.165, 1.54) is 35.1 Å². The number of hydrogen-bond donors (Lipinski definition) is 2. The highest BCUT2D eigenvalue weighted by molar-refractivity contribution is 7.08. The molecule has 2 N–H and O–H groups in total. The Hall–Kier alpha value is -2.32. The molecule has 0 bridgehead atoms. The zero-order chi connectivity index (χ0) is 14.2. The van der Waals surface area contributed by atoms with Crippen molar-refractivity contribution < 1.29 is 9.59 Å². The highest BCUT2D eigenvalue weighted by atomic mass is 32.1. The Kier molecular flexibility index (Phi) is 5.15. The van der Waals surface area contributed by atoms with Crippen molar-refractivity contribution in [1.82, 2.24) is 10.9 Å². The Morgan fingerprint density at radius 1 is 0.900 bits per heavy atom. The minimum Gasteiger partial charge on any atom is -0.262 e. The highest BCUT2D eigenvalue weighted by Gasteiger charge is 2.10. The van der Waals surface area contributed by atoms with E-state index in [9.17, 15) is 9.59 Å². The minimum atomic E-state index is -0.876. The Morgan fingerprint density at radius 2 is 1.35 bits per heavy atom. The first kappa shape index (κ1) is 14.1. The van der Waals surface area contributed by atoms with Crippen LogP contribution in [0.2, 0.25) is 0 Å². The van der Waals surface area contributed by atoms with Crippen LogP contribution in [0, 0.1) is 0 Å². The third kappa shape index (κ3) is 4.41. The van der Waals surface area contributed by atoms with Gasteiger partial charge in [-0.05, 0) is 33.7 Å². The van der Waals surface area contributed by atoms with Crippen LogP contribution in [-0.2, 0) is 9.59 Å². The third-order valence-corrected chi connectivity index (χ3v) is 3.45. The Labute approximate surface area is 122 Å². The van der Waals surface area contributed by atoms with Gasteiger partial charge in [-0.3, -0.25) is 9.59 Å². The average molecular weight is 306 g/mol. The van der Waals surface area contributed by atoms with Crippen molar-refractivity contribution in [2.45, 2.75) is 0 Å². The van der Waals surface area contributed by atoms with Crippen LogP contribution in [0.25, 0.3) is 0 Å². The molecule has 0 aliphatic rings. The van der Waals surface area contributed by atoms with Crippen LogP contribution < -0.4 is 10.9 Å². The smallest absolute Gasteiger partial charge is 0.262 e. The number of nitrogens with zero attached hydrogens (tertiary/aromatic N) is 2. The van der Waals surface area contributed by atoms with Gasteiger partial charge in [0.2, 0.25) is 0 Å². The highest BCUT2D eigenvalue weighted by Crippen LogP contribution is 2.02. The molecule has 2 aromatic heterocycles. The molecule has 2 rings (SSSR count). The van der Waals surface area contributed by atoms with Gasteiger partial charge in [0.1, 0.15) is 0 Å². The molecule has 0 saturated heterocycles. The molecule has 6 nitrogen and oxygen atoms in total. The molecule has 102 valence electrons. The number of hydrogen-bond acceptors (Lipinski definition) is 6. The van der Waals surface area contributed by atoms with E-state index in [4.69, 9.17) is 0 Å². The van der Waals surface area contributed by atoms with Crippen molar-refractivity contribution in [3.05, 3.63) is 44.8 Å². The van der Waals surface area contributed by atoms with E-state index in [2.05, 4.69) is 21.1 Å². The standard InChI is InChI=1S/C12H10N4O2S2/c17-11(15-13-5-9-1-3-19-7-9)12(18)16-14-6-10-2-4-20-8-10/h1-8H,(H,15,17)(H,16,18)/b13-5+,14-6+. The minimum absolute atomic E-state index is 0.853. The predicted molar refractivity (Wildman–Crippen MR) is 80.1 cm³/mol. The van der Waals surface area contributed by atoms with E-state index in [1.54, 1.807) is 0 Å². The summed E-state index contributed by atoms with van der Waals surface area (Å²) >= 11 is 3.03. The summed E-state index contributed by atoms with van der Waals surface area (Å²) in [6.07, 6.45) is 2.91. The largest absolute Gasteiger partial charge is 0.331 e. The van der Waals surface area contributed by atoms with Crippen molar-refractivity contribution in [1.29, 1.82) is 0 Å². The molecule has 0 unspecified atom stereocenters. The molecule has 0 radical (unpaired) electrons. The van der Waals surface area contributed by atoms with Gasteiger partial charge >= 0.3 is 11.8 Å². The number of amides is 2. The van der Waals surface area contributed by atoms with Gasteiger partial charge < -0.3 is 0 Å². The second kappa shape index (κ2) is 7.31. The molecule has 2 amide bonds. The van der Waals surface area contributed by atoms with Crippen LogP contribution in [0.3, 0.4) is 0 Å². The van der Waals surface area contributed by atoms with E-state index >= 15 is 0 Å². The maximum absolute atomic E-state index is 11.4. The molecule has 2 aromatic rings. The van der Waals surface area contributed by atoms with Gasteiger partial charge in [0.15, 0.2) is 0 Å². The van der Waals surface area contributed by atoms with Crippen molar-refractivity contribution in [2.75, 3.05) is 0 Å². The summed E-state index contributed by atoms with van der Waals surface area (Å²) < 4.78 is 0. The Balaban J connectivity index is 1.76. The van der Waals surface area contributed by atoms with Gasteiger partial charge in [0, 0.05) is 11.1 Å². The summed E-state index contributed by atoms with van der Waals surface area (Å²) in [4.78, 5) is 22.7. The number of carbonyl (C=O) groups is 2. The van der Waals surface area contributed by atoms with E-state index in [0.717, 1.165) is 11.1 Å². The van der Waals surface area contributed by atoms with E-state index in [1.807, 2.05) is 33.7 Å². The fourth-order valence-electron chi connectivity index (χ4n) is 1.13. The Morgan fingerprint density at radius 3 is 1.70 bits per heavy atom. The number of rotatable bonds is 4. The van der Waals surface area contributed by atoms with Gasteiger partial charge in [-0.25, -0.2) is 10.9 Å². The first-order valence-corrected chi connectivity index (χ1v) is 7.35. The molecule has 20 heavy (non-hydrogen) atoms. The summed E-state index contributed by atoms with van der Waals surface area (Å²) in [5, 5.41) is 14.8. The fraction of sp³-hybridized carbons (Fsp3) is 0. The van der Waals surface area contributed by atoms with Crippen LogP contribution in [0.15, 0.2) is 43.9 Å². The molecule has 2 heterocycles. The van der Waals surface area contributed by atoms with Gasteiger partial charge in [-0.1, -0.05) is 0 Å². The monoisotopic (exact) mass is 306 g/mol. The second-order valence-corrected chi connectivity index (χ2v) is 5.07. The van der Waals surface area contributed by atoms with Gasteiger partial charge in [-0.15, -0.1) is 0 Å². The molecule has 0 fully saturated rings. The Bertz CT molecular complexity index is 562. The molecule has 0 spiro atoms. The molecular weight excluding hydrogens is 296 g/mol. The van der Waals surface area contributed by atoms with Crippen molar-refractivity contribution in [2.24, 2.45) is 10.2 Å². The molecule has 0 atom stereocenters. The molecule has 0 aliphatic heterocycles. The van der Waals surface area contributed by atoms with Crippen LogP contribution in [0.5, 0.6) is 0 Å². The quantitative estimate of drug-likeness (QED) is 0.508. The third-order valence-electron chi connectivity index (χ3n) is 2.05.